The summed E-state index contributed by atoms with van der Waals surface area (Å²) in [5, 5.41) is 6.37. The highest BCUT2D eigenvalue weighted by Crippen LogP contribution is 2.21. The van der Waals surface area contributed by atoms with E-state index in [1.165, 1.54) is 19.3 Å². The van der Waals surface area contributed by atoms with Gasteiger partial charge in [-0.25, -0.2) is 0 Å². The molecule has 1 heterocycles. The van der Waals surface area contributed by atoms with E-state index in [4.69, 9.17) is 0 Å². The highest BCUT2D eigenvalue weighted by Gasteiger charge is 2.15. The van der Waals surface area contributed by atoms with Crippen LogP contribution < -0.4 is 10.6 Å². The fourth-order valence-electron chi connectivity index (χ4n) is 2.39. The molecule has 4 heteroatoms. The summed E-state index contributed by atoms with van der Waals surface area (Å²) in [6.07, 6.45) is 6.52. The first-order chi connectivity index (χ1) is 8.47. The number of carbonyl (C=O) groups is 1. The number of carbonyl (C=O) groups excluding carboxylic acids is 1. The monoisotopic (exact) mass is 290 g/mol. The molecule has 0 aliphatic carbocycles. The minimum absolute atomic E-state index is 0. The Hall–Kier alpha value is -0.280. The topological polar surface area (TPSA) is 41.1 Å². The third kappa shape index (κ3) is 10.2. The van der Waals surface area contributed by atoms with Crippen molar-refractivity contribution < 1.29 is 4.79 Å². The van der Waals surface area contributed by atoms with Crippen molar-refractivity contribution in [1.29, 1.82) is 0 Å². The zero-order chi connectivity index (χ0) is 13.4. The van der Waals surface area contributed by atoms with Crippen molar-refractivity contribution >= 4 is 18.3 Å². The lowest BCUT2D eigenvalue weighted by Crippen LogP contribution is -2.25. The van der Waals surface area contributed by atoms with Crippen LogP contribution in [-0.2, 0) is 4.79 Å². The Morgan fingerprint density at radius 2 is 2.05 bits per heavy atom. The van der Waals surface area contributed by atoms with Crippen LogP contribution in [0.1, 0.15) is 59.3 Å². The summed E-state index contributed by atoms with van der Waals surface area (Å²) in [7, 11) is 0. The number of nitrogens with one attached hydrogen (secondary N) is 2. The van der Waals surface area contributed by atoms with Gasteiger partial charge in [0, 0.05) is 13.0 Å². The fourth-order valence-corrected chi connectivity index (χ4v) is 2.39. The van der Waals surface area contributed by atoms with Crippen LogP contribution in [0.3, 0.4) is 0 Å². The number of hydrogen-bond donors (Lipinski definition) is 2. The van der Waals surface area contributed by atoms with E-state index in [9.17, 15) is 4.79 Å². The smallest absolute Gasteiger partial charge is 0.220 e. The Kier molecular flexibility index (Phi) is 9.46. The minimum Gasteiger partial charge on any atom is -0.356 e. The number of amides is 1. The highest BCUT2D eigenvalue weighted by molar-refractivity contribution is 5.85. The molecule has 114 valence electrons. The molecule has 1 amide bonds. The van der Waals surface area contributed by atoms with Gasteiger partial charge in [-0.3, -0.25) is 4.79 Å². The van der Waals surface area contributed by atoms with Crippen LogP contribution >= 0.6 is 12.4 Å². The SMILES string of the molecule is CC(C)(C)CCCCNC(=O)CCC1CCNC1.Cl. The lowest BCUT2D eigenvalue weighted by molar-refractivity contribution is -0.121. The molecule has 1 rings (SSSR count). The number of unbranched alkanes of at least 4 members (excludes halogenated alkanes) is 1. The normalized spacial score (nSPS) is 19.0. The van der Waals surface area contributed by atoms with Crippen molar-refractivity contribution in [2.24, 2.45) is 11.3 Å². The van der Waals surface area contributed by atoms with E-state index in [0.717, 1.165) is 38.4 Å². The first-order valence-electron chi connectivity index (χ1n) is 7.45. The highest BCUT2D eigenvalue weighted by atomic mass is 35.5. The first kappa shape index (κ1) is 18.7. The molecule has 1 saturated heterocycles. The number of halogens is 1. The standard InChI is InChI=1S/C15H30N2O.ClH/c1-15(2,3)9-4-5-10-17-14(18)7-6-13-8-11-16-12-13;/h13,16H,4-12H2,1-3H3,(H,17,18);1H. The van der Waals surface area contributed by atoms with E-state index in [1.54, 1.807) is 0 Å². The fraction of sp³-hybridized carbons (Fsp3) is 0.933. The van der Waals surface area contributed by atoms with Gasteiger partial charge in [0.15, 0.2) is 0 Å². The maximum absolute atomic E-state index is 11.6. The second-order valence-corrected chi connectivity index (χ2v) is 6.77. The molecule has 0 aromatic carbocycles. The van der Waals surface area contributed by atoms with Gasteiger partial charge < -0.3 is 10.6 Å². The van der Waals surface area contributed by atoms with Crippen molar-refractivity contribution in [3.05, 3.63) is 0 Å². The van der Waals surface area contributed by atoms with Crippen LogP contribution in [0, 0.1) is 11.3 Å². The van der Waals surface area contributed by atoms with Gasteiger partial charge in [0.1, 0.15) is 0 Å². The minimum atomic E-state index is 0. The van der Waals surface area contributed by atoms with Crippen LogP contribution in [0.25, 0.3) is 0 Å². The molecule has 0 aromatic heterocycles. The zero-order valence-electron chi connectivity index (χ0n) is 12.8. The molecular weight excluding hydrogens is 260 g/mol. The molecule has 0 bridgehead atoms. The van der Waals surface area contributed by atoms with E-state index in [1.807, 2.05) is 0 Å². The Balaban J connectivity index is 0.00000324. The molecule has 1 atom stereocenters. The summed E-state index contributed by atoms with van der Waals surface area (Å²) in [5.74, 6) is 0.953. The lowest BCUT2D eigenvalue weighted by Gasteiger charge is -2.17. The molecule has 0 aromatic rings. The molecule has 1 aliphatic rings. The summed E-state index contributed by atoms with van der Waals surface area (Å²) in [6.45, 7) is 9.86. The molecule has 0 radical (unpaired) electrons. The van der Waals surface area contributed by atoms with Gasteiger partial charge in [-0.15, -0.1) is 12.4 Å². The summed E-state index contributed by atoms with van der Waals surface area (Å²) in [4.78, 5) is 11.6. The summed E-state index contributed by atoms with van der Waals surface area (Å²) >= 11 is 0. The Morgan fingerprint density at radius 1 is 1.32 bits per heavy atom. The summed E-state index contributed by atoms with van der Waals surface area (Å²) in [6, 6.07) is 0. The predicted molar refractivity (Wildman–Crippen MR) is 83.8 cm³/mol. The first-order valence-corrected chi connectivity index (χ1v) is 7.45. The molecule has 0 spiro atoms. The van der Waals surface area contributed by atoms with Gasteiger partial charge in [-0.1, -0.05) is 27.2 Å². The Morgan fingerprint density at radius 3 is 2.63 bits per heavy atom. The molecule has 1 fully saturated rings. The van der Waals surface area contributed by atoms with Gasteiger partial charge >= 0.3 is 0 Å². The van der Waals surface area contributed by atoms with Crippen LogP contribution in [0.5, 0.6) is 0 Å². The molecule has 2 N–H and O–H groups in total. The second kappa shape index (κ2) is 9.60. The van der Waals surface area contributed by atoms with E-state index in [2.05, 4.69) is 31.4 Å². The van der Waals surface area contributed by atoms with Crippen molar-refractivity contribution in [3.8, 4) is 0 Å². The van der Waals surface area contributed by atoms with Crippen LogP contribution in [0.2, 0.25) is 0 Å². The predicted octanol–water partition coefficient (Wildman–Crippen LogP) is 3.13. The molecule has 19 heavy (non-hydrogen) atoms. The summed E-state index contributed by atoms with van der Waals surface area (Å²) in [5.41, 5.74) is 0.416. The van der Waals surface area contributed by atoms with E-state index >= 15 is 0 Å². The number of hydrogen-bond acceptors (Lipinski definition) is 2. The van der Waals surface area contributed by atoms with E-state index in [0.29, 0.717) is 11.8 Å². The average molecular weight is 291 g/mol. The molecule has 0 saturated carbocycles. The molecule has 3 nitrogen and oxygen atoms in total. The van der Waals surface area contributed by atoms with Crippen LogP contribution in [0.4, 0.5) is 0 Å². The Bertz CT molecular complexity index is 245. The zero-order valence-corrected chi connectivity index (χ0v) is 13.6. The van der Waals surface area contributed by atoms with Crippen molar-refractivity contribution in [2.45, 2.75) is 59.3 Å². The average Bonchev–Trinajstić information content (AvgIpc) is 2.77. The maximum atomic E-state index is 11.6. The van der Waals surface area contributed by atoms with Gasteiger partial charge in [0.05, 0.1) is 0 Å². The van der Waals surface area contributed by atoms with Crippen LogP contribution in [-0.4, -0.2) is 25.5 Å². The van der Waals surface area contributed by atoms with Crippen molar-refractivity contribution in [3.63, 3.8) is 0 Å². The van der Waals surface area contributed by atoms with Gasteiger partial charge in [0.25, 0.3) is 0 Å². The third-order valence-electron chi connectivity index (χ3n) is 3.62. The summed E-state index contributed by atoms with van der Waals surface area (Å²) < 4.78 is 0. The van der Waals surface area contributed by atoms with E-state index in [-0.39, 0.29) is 18.3 Å². The molecular formula is C15H31ClN2O. The second-order valence-electron chi connectivity index (χ2n) is 6.77. The van der Waals surface area contributed by atoms with E-state index < -0.39 is 0 Å². The third-order valence-corrected chi connectivity index (χ3v) is 3.62. The van der Waals surface area contributed by atoms with Crippen LogP contribution in [0.15, 0.2) is 0 Å². The molecule has 1 aliphatic heterocycles. The quantitative estimate of drug-likeness (QED) is 0.707. The lowest BCUT2D eigenvalue weighted by atomic mass is 9.90. The maximum Gasteiger partial charge on any atom is 0.220 e. The Labute approximate surface area is 124 Å². The van der Waals surface area contributed by atoms with Crippen molar-refractivity contribution in [1.82, 2.24) is 10.6 Å². The largest absolute Gasteiger partial charge is 0.356 e. The van der Waals surface area contributed by atoms with Gasteiger partial charge in [0.2, 0.25) is 5.91 Å². The molecule has 1 unspecified atom stereocenters. The van der Waals surface area contributed by atoms with Gasteiger partial charge in [-0.05, 0) is 50.1 Å². The number of rotatable bonds is 7. The van der Waals surface area contributed by atoms with Crippen molar-refractivity contribution in [2.75, 3.05) is 19.6 Å². The van der Waals surface area contributed by atoms with Gasteiger partial charge in [-0.2, -0.15) is 0 Å².